The molecular formula is C12H10N2OS. The van der Waals surface area contributed by atoms with E-state index < -0.39 is 0 Å². The summed E-state index contributed by atoms with van der Waals surface area (Å²) in [6.07, 6.45) is 1.56. The van der Waals surface area contributed by atoms with Gasteiger partial charge in [0.1, 0.15) is 0 Å². The minimum Gasteiger partial charge on any atom is -0.379 e. The average Bonchev–Trinajstić information content (AvgIpc) is 2.81. The molecular weight excluding hydrogens is 220 g/mol. The van der Waals surface area contributed by atoms with Gasteiger partial charge >= 0.3 is 0 Å². The van der Waals surface area contributed by atoms with Gasteiger partial charge in [0, 0.05) is 23.9 Å². The number of benzene rings is 1. The number of thioether (sulfide) groups is 1. The molecule has 0 bridgehead atoms. The number of nitriles is 1. The zero-order valence-corrected chi connectivity index (χ0v) is 9.38. The highest BCUT2D eigenvalue weighted by Crippen LogP contribution is 2.19. The monoisotopic (exact) mass is 230 g/mol. The molecule has 0 unspecified atom stereocenters. The van der Waals surface area contributed by atoms with Crippen LogP contribution in [-0.4, -0.2) is 18.1 Å². The van der Waals surface area contributed by atoms with Crippen LogP contribution in [0.2, 0.25) is 0 Å². The number of rotatable bonds is 2. The second kappa shape index (κ2) is 4.86. The highest BCUT2D eigenvalue weighted by molar-refractivity contribution is 8.03. The van der Waals surface area contributed by atoms with E-state index in [0.717, 1.165) is 17.3 Å². The SMILES string of the molecule is N#Cc1ccccc1C(=O)/C=C1\NCCS1. The van der Waals surface area contributed by atoms with E-state index in [4.69, 9.17) is 5.26 Å². The van der Waals surface area contributed by atoms with Crippen LogP contribution in [0.1, 0.15) is 15.9 Å². The summed E-state index contributed by atoms with van der Waals surface area (Å²) in [6.45, 7) is 0.893. The lowest BCUT2D eigenvalue weighted by molar-refractivity contribution is 0.104. The van der Waals surface area contributed by atoms with Gasteiger partial charge in [-0.2, -0.15) is 5.26 Å². The molecule has 1 saturated heterocycles. The largest absolute Gasteiger partial charge is 0.379 e. The van der Waals surface area contributed by atoms with E-state index in [1.165, 1.54) is 0 Å². The molecule has 0 aromatic heterocycles. The molecule has 1 N–H and O–H groups in total. The number of hydrogen-bond donors (Lipinski definition) is 1. The highest BCUT2D eigenvalue weighted by Gasteiger charge is 2.12. The van der Waals surface area contributed by atoms with Crippen molar-refractivity contribution < 1.29 is 4.79 Å². The quantitative estimate of drug-likeness (QED) is 0.623. The van der Waals surface area contributed by atoms with Crippen LogP contribution < -0.4 is 5.32 Å². The third-order valence-electron chi connectivity index (χ3n) is 2.23. The second-order valence-corrected chi connectivity index (χ2v) is 4.44. The minimum atomic E-state index is -0.117. The fourth-order valence-electron chi connectivity index (χ4n) is 1.47. The fourth-order valence-corrected chi connectivity index (χ4v) is 2.29. The molecule has 3 nitrogen and oxygen atoms in total. The number of nitrogens with one attached hydrogen (secondary N) is 1. The molecule has 1 aliphatic rings. The smallest absolute Gasteiger partial charge is 0.189 e. The summed E-state index contributed by atoms with van der Waals surface area (Å²) >= 11 is 1.63. The lowest BCUT2D eigenvalue weighted by atomic mass is 10.0. The summed E-state index contributed by atoms with van der Waals surface area (Å²) in [7, 11) is 0. The van der Waals surface area contributed by atoms with Gasteiger partial charge in [0.2, 0.25) is 0 Å². The third-order valence-corrected chi connectivity index (χ3v) is 3.22. The van der Waals surface area contributed by atoms with Crippen molar-refractivity contribution in [2.75, 3.05) is 12.3 Å². The molecule has 0 radical (unpaired) electrons. The molecule has 0 aliphatic carbocycles. The Kier molecular flexibility index (Phi) is 3.28. The van der Waals surface area contributed by atoms with E-state index in [9.17, 15) is 4.79 Å². The number of allylic oxidation sites excluding steroid dienone is 1. The molecule has 2 rings (SSSR count). The molecule has 4 heteroatoms. The van der Waals surface area contributed by atoms with Crippen LogP contribution in [-0.2, 0) is 0 Å². The Balaban J connectivity index is 2.27. The predicted molar refractivity (Wildman–Crippen MR) is 64.0 cm³/mol. The molecule has 1 aliphatic heterocycles. The first kappa shape index (κ1) is 10.8. The van der Waals surface area contributed by atoms with E-state index in [-0.39, 0.29) is 5.78 Å². The molecule has 16 heavy (non-hydrogen) atoms. The predicted octanol–water partition coefficient (Wildman–Crippen LogP) is 1.92. The van der Waals surface area contributed by atoms with Crippen LogP contribution in [0.3, 0.4) is 0 Å². The molecule has 1 heterocycles. The lowest BCUT2D eigenvalue weighted by Gasteiger charge is -2.00. The van der Waals surface area contributed by atoms with Crippen molar-refractivity contribution in [1.29, 1.82) is 5.26 Å². The third kappa shape index (κ3) is 2.26. The number of nitrogens with zero attached hydrogens (tertiary/aromatic N) is 1. The zero-order valence-electron chi connectivity index (χ0n) is 8.56. The Morgan fingerprint density at radius 1 is 1.50 bits per heavy atom. The Morgan fingerprint density at radius 3 is 3.00 bits per heavy atom. The topological polar surface area (TPSA) is 52.9 Å². The normalized spacial score (nSPS) is 16.8. The minimum absolute atomic E-state index is 0.117. The number of ketones is 1. The van der Waals surface area contributed by atoms with E-state index in [2.05, 4.69) is 5.32 Å². The number of hydrogen-bond acceptors (Lipinski definition) is 4. The molecule has 1 aromatic rings. The van der Waals surface area contributed by atoms with E-state index in [0.29, 0.717) is 11.1 Å². The molecule has 0 spiro atoms. The lowest BCUT2D eigenvalue weighted by Crippen LogP contribution is -2.07. The van der Waals surface area contributed by atoms with Crippen LogP contribution >= 0.6 is 11.8 Å². The summed E-state index contributed by atoms with van der Waals surface area (Å²) in [5.74, 6) is 0.869. The summed E-state index contributed by atoms with van der Waals surface area (Å²) in [5.41, 5.74) is 0.888. The van der Waals surface area contributed by atoms with Crippen molar-refractivity contribution in [3.63, 3.8) is 0 Å². The van der Waals surface area contributed by atoms with E-state index in [1.807, 2.05) is 6.07 Å². The van der Waals surface area contributed by atoms with E-state index in [1.54, 1.807) is 42.1 Å². The van der Waals surface area contributed by atoms with Gasteiger partial charge in [-0.15, -0.1) is 11.8 Å². The molecule has 0 saturated carbocycles. The van der Waals surface area contributed by atoms with Crippen LogP contribution in [0.15, 0.2) is 35.4 Å². The Hall–Kier alpha value is -1.73. The summed E-state index contributed by atoms with van der Waals surface area (Å²) in [5, 5.41) is 12.9. The van der Waals surface area contributed by atoms with Crippen LogP contribution in [0.4, 0.5) is 0 Å². The highest BCUT2D eigenvalue weighted by atomic mass is 32.2. The maximum atomic E-state index is 11.9. The first-order valence-corrected chi connectivity index (χ1v) is 5.91. The first-order valence-electron chi connectivity index (χ1n) is 4.93. The number of carbonyl (C=O) groups is 1. The molecule has 0 amide bonds. The Labute approximate surface area is 98.2 Å². The summed E-state index contributed by atoms with van der Waals surface area (Å²) in [6, 6.07) is 8.88. The van der Waals surface area contributed by atoms with Gasteiger partial charge in [0.05, 0.1) is 16.7 Å². The molecule has 80 valence electrons. The maximum Gasteiger partial charge on any atom is 0.189 e. The second-order valence-electron chi connectivity index (χ2n) is 3.31. The van der Waals surface area contributed by atoms with Crippen molar-refractivity contribution in [2.45, 2.75) is 0 Å². The fraction of sp³-hybridized carbons (Fsp3) is 0.167. The van der Waals surface area contributed by atoms with Crippen molar-refractivity contribution in [2.24, 2.45) is 0 Å². The van der Waals surface area contributed by atoms with Gasteiger partial charge < -0.3 is 5.32 Å². The zero-order chi connectivity index (χ0) is 11.4. The number of carbonyl (C=O) groups excluding carboxylic acids is 1. The average molecular weight is 230 g/mol. The molecule has 1 fully saturated rings. The molecule has 0 atom stereocenters. The van der Waals surface area contributed by atoms with Gasteiger partial charge in [0.15, 0.2) is 5.78 Å². The van der Waals surface area contributed by atoms with Crippen molar-refractivity contribution in [3.05, 3.63) is 46.5 Å². The van der Waals surface area contributed by atoms with Crippen LogP contribution in [0.5, 0.6) is 0 Å². The van der Waals surface area contributed by atoms with Gasteiger partial charge in [-0.1, -0.05) is 12.1 Å². The Bertz CT molecular complexity index is 480. The van der Waals surface area contributed by atoms with Crippen molar-refractivity contribution in [3.8, 4) is 6.07 Å². The van der Waals surface area contributed by atoms with Gasteiger partial charge in [-0.05, 0) is 12.1 Å². The van der Waals surface area contributed by atoms with Gasteiger partial charge in [-0.3, -0.25) is 4.79 Å². The molecule has 1 aromatic carbocycles. The maximum absolute atomic E-state index is 11.9. The first-order chi connectivity index (χ1) is 7.81. The van der Waals surface area contributed by atoms with Crippen molar-refractivity contribution in [1.82, 2.24) is 5.32 Å². The van der Waals surface area contributed by atoms with Gasteiger partial charge in [0.25, 0.3) is 0 Å². The summed E-state index contributed by atoms with van der Waals surface area (Å²) in [4.78, 5) is 11.9. The van der Waals surface area contributed by atoms with Gasteiger partial charge in [-0.25, -0.2) is 0 Å². The van der Waals surface area contributed by atoms with Crippen LogP contribution in [0.25, 0.3) is 0 Å². The summed E-state index contributed by atoms with van der Waals surface area (Å²) < 4.78 is 0. The Morgan fingerprint density at radius 2 is 2.31 bits per heavy atom. The van der Waals surface area contributed by atoms with E-state index >= 15 is 0 Å². The standard InChI is InChI=1S/C12H10N2OS/c13-8-9-3-1-2-4-10(9)11(15)7-12-14-5-6-16-12/h1-4,7,14H,5-6H2/b12-7+. The van der Waals surface area contributed by atoms with Crippen LogP contribution in [0, 0.1) is 11.3 Å². The van der Waals surface area contributed by atoms with Crippen molar-refractivity contribution >= 4 is 17.5 Å².